The quantitative estimate of drug-likeness (QED) is 0.633. The molecule has 4 rings (SSSR count). The van der Waals surface area contributed by atoms with E-state index in [4.69, 9.17) is 37.7 Å². The van der Waals surface area contributed by atoms with Crippen molar-refractivity contribution < 1.29 is 9.47 Å². The highest BCUT2D eigenvalue weighted by Gasteiger charge is 2.23. The second-order valence-electron chi connectivity index (χ2n) is 7.11. The average molecular weight is 446 g/mol. The molecule has 1 aliphatic rings. The van der Waals surface area contributed by atoms with Gasteiger partial charge in [-0.05, 0) is 30.3 Å². The summed E-state index contributed by atoms with van der Waals surface area (Å²) in [7, 11) is 3.19. The molecule has 0 radical (unpaired) electrons. The average Bonchev–Trinajstić information content (AvgIpc) is 2.74. The van der Waals surface area contributed by atoms with E-state index < -0.39 is 0 Å². The van der Waals surface area contributed by atoms with Crippen LogP contribution in [0.5, 0.6) is 11.5 Å². The summed E-state index contributed by atoms with van der Waals surface area (Å²) in [4.78, 5) is 22.6. The van der Waals surface area contributed by atoms with E-state index in [1.54, 1.807) is 32.4 Å². The SMILES string of the molecule is COc1cc(Cl)cc(CN2CCc3nc(-c4ccc(Cl)cc4)[nH]c(=O)c3C2)c1OC. The van der Waals surface area contributed by atoms with Gasteiger partial charge in [0.05, 0.1) is 25.5 Å². The van der Waals surface area contributed by atoms with Crippen molar-refractivity contribution in [2.75, 3.05) is 20.8 Å². The molecule has 0 aliphatic carbocycles. The zero-order valence-corrected chi connectivity index (χ0v) is 18.2. The molecule has 0 unspecified atom stereocenters. The number of H-pyrrole nitrogens is 1. The molecule has 2 heterocycles. The molecule has 0 amide bonds. The van der Waals surface area contributed by atoms with Crippen LogP contribution in [-0.2, 0) is 19.5 Å². The fraction of sp³-hybridized carbons (Fsp3) is 0.273. The van der Waals surface area contributed by atoms with E-state index in [1.165, 1.54) is 0 Å². The summed E-state index contributed by atoms with van der Waals surface area (Å²) in [5, 5.41) is 1.22. The van der Waals surface area contributed by atoms with Crippen molar-refractivity contribution >= 4 is 23.2 Å². The van der Waals surface area contributed by atoms with Gasteiger partial charge >= 0.3 is 0 Å². The van der Waals surface area contributed by atoms with Crippen LogP contribution in [0.3, 0.4) is 0 Å². The number of hydrogen-bond donors (Lipinski definition) is 1. The molecular weight excluding hydrogens is 425 g/mol. The van der Waals surface area contributed by atoms with Crippen molar-refractivity contribution in [1.29, 1.82) is 0 Å². The van der Waals surface area contributed by atoms with Gasteiger partial charge in [-0.15, -0.1) is 0 Å². The summed E-state index contributed by atoms with van der Waals surface area (Å²) < 4.78 is 10.9. The lowest BCUT2D eigenvalue weighted by Gasteiger charge is -2.28. The second-order valence-corrected chi connectivity index (χ2v) is 7.98. The van der Waals surface area contributed by atoms with E-state index in [0.717, 1.165) is 23.4 Å². The van der Waals surface area contributed by atoms with Gasteiger partial charge in [0, 0.05) is 53.3 Å². The molecule has 8 heteroatoms. The maximum atomic E-state index is 12.8. The van der Waals surface area contributed by atoms with Gasteiger partial charge in [0.1, 0.15) is 5.82 Å². The summed E-state index contributed by atoms with van der Waals surface area (Å²) in [6.07, 6.45) is 0.680. The predicted octanol–water partition coefficient (Wildman–Crippen LogP) is 4.32. The number of methoxy groups -OCH3 is 2. The van der Waals surface area contributed by atoms with Crippen molar-refractivity contribution in [1.82, 2.24) is 14.9 Å². The predicted molar refractivity (Wildman–Crippen MR) is 118 cm³/mol. The highest BCUT2D eigenvalue weighted by Crippen LogP contribution is 2.35. The Morgan fingerprint density at radius 3 is 2.57 bits per heavy atom. The number of ether oxygens (including phenoxy) is 2. The molecule has 0 bridgehead atoms. The van der Waals surface area contributed by atoms with Gasteiger partial charge in [0.2, 0.25) is 0 Å². The van der Waals surface area contributed by atoms with Crippen molar-refractivity contribution in [3.05, 3.63) is 73.6 Å². The lowest BCUT2D eigenvalue weighted by molar-refractivity contribution is 0.237. The summed E-state index contributed by atoms with van der Waals surface area (Å²) in [5.74, 6) is 1.80. The number of fused-ring (bicyclic) bond motifs is 1. The molecule has 3 aromatic rings. The molecule has 156 valence electrons. The Bertz CT molecular complexity index is 1130. The first kappa shape index (κ1) is 20.7. The maximum absolute atomic E-state index is 12.8. The zero-order chi connectivity index (χ0) is 21.3. The first-order chi connectivity index (χ1) is 14.5. The smallest absolute Gasteiger partial charge is 0.255 e. The Balaban J connectivity index is 1.60. The minimum atomic E-state index is -0.120. The second kappa shape index (κ2) is 8.68. The molecule has 6 nitrogen and oxygen atoms in total. The fourth-order valence-electron chi connectivity index (χ4n) is 3.72. The Morgan fingerprint density at radius 1 is 1.10 bits per heavy atom. The summed E-state index contributed by atoms with van der Waals surface area (Å²) in [6.45, 7) is 1.84. The maximum Gasteiger partial charge on any atom is 0.255 e. The number of hydrogen-bond acceptors (Lipinski definition) is 5. The summed E-state index contributed by atoms with van der Waals surface area (Å²) >= 11 is 12.2. The van der Waals surface area contributed by atoms with Crippen LogP contribution < -0.4 is 15.0 Å². The van der Waals surface area contributed by atoms with E-state index in [0.29, 0.717) is 52.4 Å². The number of rotatable bonds is 5. The summed E-state index contributed by atoms with van der Waals surface area (Å²) in [6, 6.07) is 10.9. The Labute approximate surface area is 184 Å². The third-order valence-corrected chi connectivity index (χ3v) is 5.65. The minimum Gasteiger partial charge on any atom is -0.493 e. The van der Waals surface area contributed by atoms with Gasteiger partial charge in [-0.2, -0.15) is 0 Å². The van der Waals surface area contributed by atoms with Crippen molar-refractivity contribution in [3.8, 4) is 22.9 Å². The highest BCUT2D eigenvalue weighted by atomic mass is 35.5. The van der Waals surface area contributed by atoms with Gasteiger partial charge in [-0.25, -0.2) is 4.98 Å². The van der Waals surface area contributed by atoms with Crippen LogP contribution in [0.25, 0.3) is 11.4 Å². The number of nitrogens with one attached hydrogen (secondary N) is 1. The van der Waals surface area contributed by atoms with Crippen molar-refractivity contribution in [3.63, 3.8) is 0 Å². The van der Waals surface area contributed by atoms with Gasteiger partial charge in [0.25, 0.3) is 5.56 Å². The number of aromatic amines is 1. The molecule has 0 spiro atoms. The van der Waals surface area contributed by atoms with Gasteiger partial charge < -0.3 is 14.5 Å². The number of benzene rings is 2. The largest absolute Gasteiger partial charge is 0.493 e. The first-order valence-corrected chi connectivity index (χ1v) is 10.2. The Kier molecular flexibility index (Phi) is 5.99. The van der Waals surface area contributed by atoms with Crippen molar-refractivity contribution in [2.45, 2.75) is 19.5 Å². The highest BCUT2D eigenvalue weighted by molar-refractivity contribution is 6.31. The van der Waals surface area contributed by atoms with Gasteiger partial charge in [0.15, 0.2) is 11.5 Å². The molecule has 30 heavy (non-hydrogen) atoms. The number of nitrogens with zero attached hydrogens (tertiary/aromatic N) is 2. The topological polar surface area (TPSA) is 67.5 Å². The third kappa shape index (κ3) is 4.17. The molecule has 1 aliphatic heterocycles. The molecule has 1 N–H and O–H groups in total. The van der Waals surface area contributed by atoms with Gasteiger partial charge in [-0.1, -0.05) is 23.2 Å². The Hall–Kier alpha value is -2.54. The first-order valence-electron chi connectivity index (χ1n) is 9.49. The molecule has 1 aromatic heterocycles. The lowest BCUT2D eigenvalue weighted by atomic mass is 10.0. The van der Waals surface area contributed by atoms with Crippen LogP contribution in [-0.4, -0.2) is 35.6 Å². The van der Waals surface area contributed by atoms with Crippen LogP contribution >= 0.6 is 23.2 Å². The zero-order valence-electron chi connectivity index (χ0n) is 16.7. The van der Waals surface area contributed by atoms with Crippen LogP contribution in [0.4, 0.5) is 0 Å². The fourth-order valence-corrected chi connectivity index (χ4v) is 4.08. The molecule has 0 atom stereocenters. The van der Waals surface area contributed by atoms with Crippen LogP contribution in [0.15, 0.2) is 41.2 Å². The van der Waals surface area contributed by atoms with E-state index in [2.05, 4.69) is 9.88 Å². The van der Waals surface area contributed by atoms with E-state index in [9.17, 15) is 4.79 Å². The third-order valence-electron chi connectivity index (χ3n) is 5.18. The van der Waals surface area contributed by atoms with E-state index in [1.807, 2.05) is 18.2 Å². The van der Waals surface area contributed by atoms with Crippen LogP contribution in [0.2, 0.25) is 10.0 Å². The molecular formula is C22H21Cl2N3O3. The van der Waals surface area contributed by atoms with Crippen LogP contribution in [0, 0.1) is 0 Å². The monoisotopic (exact) mass is 445 g/mol. The normalized spacial score (nSPS) is 13.7. The number of halogens is 2. The molecule has 0 saturated carbocycles. The molecule has 2 aromatic carbocycles. The van der Waals surface area contributed by atoms with E-state index >= 15 is 0 Å². The standard InChI is InChI=1S/C22H21Cl2N3O3/c1-29-19-10-16(24)9-14(20(19)30-2)11-27-8-7-18-17(12-27)22(28)26-21(25-18)13-3-5-15(23)6-4-13/h3-6,9-10H,7-8,11-12H2,1-2H3,(H,25,26,28). The molecule has 0 saturated heterocycles. The van der Waals surface area contributed by atoms with E-state index in [-0.39, 0.29) is 5.56 Å². The van der Waals surface area contributed by atoms with Crippen LogP contribution in [0.1, 0.15) is 16.8 Å². The number of aromatic nitrogens is 2. The Morgan fingerprint density at radius 2 is 1.87 bits per heavy atom. The minimum absolute atomic E-state index is 0.120. The molecule has 0 fully saturated rings. The van der Waals surface area contributed by atoms with Gasteiger partial charge in [-0.3, -0.25) is 9.69 Å². The van der Waals surface area contributed by atoms with Crippen molar-refractivity contribution in [2.24, 2.45) is 0 Å². The summed E-state index contributed by atoms with van der Waals surface area (Å²) in [5.41, 5.74) is 3.14. The lowest BCUT2D eigenvalue weighted by Crippen LogP contribution is -2.35.